The van der Waals surface area contributed by atoms with Crippen LogP contribution < -0.4 is 0 Å². The van der Waals surface area contributed by atoms with Gasteiger partial charge in [0.25, 0.3) is 0 Å². The largest absolute Gasteiger partial charge is 0.238 e. The third-order valence-corrected chi connectivity index (χ3v) is 1.92. The van der Waals surface area contributed by atoms with Crippen molar-refractivity contribution >= 4 is 17.1 Å². The highest BCUT2D eigenvalue weighted by Crippen LogP contribution is 2.19. The van der Waals surface area contributed by atoms with E-state index in [1.165, 1.54) is 6.20 Å². The van der Waals surface area contributed by atoms with E-state index in [0.29, 0.717) is 16.1 Å². The Hall–Kier alpha value is -1.53. The van der Waals surface area contributed by atoms with Crippen molar-refractivity contribution in [2.75, 3.05) is 0 Å². The molecule has 2 rings (SSSR count). The van der Waals surface area contributed by atoms with E-state index in [1.807, 2.05) is 6.07 Å². The van der Waals surface area contributed by atoms with E-state index in [2.05, 4.69) is 5.10 Å². The average Bonchev–Trinajstić information content (AvgIpc) is 2.49. The van der Waals surface area contributed by atoms with Crippen LogP contribution in [0.1, 0.15) is 5.56 Å². The molecule has 12 heavy (non-hydrogen) atoms. The van der Waals surface area contributed by atoms with Gasteiger partial charge in [-0.3, -0.25) is 0 Å². The van der Waals surface area contributed by atoms with E-state index in [4.69, 9.17) is 16.9 Å². The number of rotatable bonds is 0. The Morgan fingerprint density at radius 3 is 3.17 bits per heavy atom. The summed E-state index contributed by atoms with van der Waals surface area (Å²) >= 11 is 5.87. The maximum absolute atomic E-state index is 8.69. The van der Waals surface area contributed by atoms with Crippen molar-refractivity contribution in [2.45, 2.75) is 0 Å². The van der Waals surface area contributed by atoms with E-state index >= 15 is 0 Å². The lowest BCUT2D eigenvalue weighted by Gasteiger charge is -1.93. The second-order valence-electron chi connectivity index (χ2n) is 2.32. The molecule has 0 unspecified atom stereocenters. The van der Waals surface area contributed by atoms with Crippen LogP contribution in [0.15, 0.2) is 24.5 Å². The molecule has 0 N–H and O–H groups in total. The van der Waals surface area contributed by atoms with Gasteiger partial charge in [-0.15, -0.1) is 0 Å². The van der Waals surface area contributed by atoms with Crippen molar-refractivity contribution in [2.24, 2.45) is 0 Å². The molecule has 0 bridgehead atoms. The fourth-order valence-corrected chi connectivity index (χ4v) is 1.34. The van der Waals surface area contributed by atoms with Crippen molar-refractivity contribution in [1.82, 2.24) is 9.61 Å². The number of halogens is 1. The van der Waals surface area contributed by atoms with Crippen molar-refractivity contribution in [1.29, 1.82) is 5.26 Å². The number of hydrogen-bond acceptors (Lipinski definition) is 2. The molecular weight excluding hydrogens is 174 g/mol. The predicted molar refractivity (Wildman–Crippen MR) is 44.9 cm³/mol. The van der Waals surface area contributed by atoms with Crippen molar-refractivity contribution in [3.63, 3.8) is 0 Å². The van der Waals surface area contributed by atoms with Gasteiger partial charge in [-0.05, 0) is 12.1 Å². The fraction of sp³-hybridized carbons (Fsp3) is 0. The van der Waals surface area contributed by atoms with Crippen LogP contribution in [0.4, 0.5) is 0 Å². The summed E-state index contributed by atoms with van der Waals surface area (Å²) in [4.78, 5) is 0. The Morgan fingerprint density at radius 1 is 1.58 bits per heavy atom. The number of hydrogen-bond donors (Lipinski definition) is 0. The van der Waals surface area contributed by atoms with Gasteiger partial charge in [0.05, 0.1) is 16.8 Å². The number of fused-ring (bicyclic) bond motifs is 1. The third-order valence-electron chi connectivity index (χ3n) is 1.61. The minimum absolute atomic E-state index is 0.501. The second-order valence-corrected chi connectivity index (χ2v) is 2.73. The molecule has 0 aromatic carbocycles. The topological polar surface area (TPSA) is 41.1 Å². The van der Waals surface area contributed by atoms with Crippen LogP contribution in [0.2, 0.25) is 5.02 Å². The zero-order valence-electron chi connectivity index (χ0n) is 6.03. The van der Waals surface area contributed by atoms with Gasteiger partial charge in [-0.2, -0.15) is 10.4 Å². The quantitative estimate of drug-likeness (QED) is 0.616. The zero-order valence-corrected chi connectivity index (χ0v) is 6.78. The molecular formula is C8H4ClN3. The minimum atomic E-state index is 0.501. The zero-order chi connectivity index (χ0) is 8.55. The van der Waals surface area contributed by atoms with Gasteiger partial charge < -0.3 is 0 Å². The molecule has 2 aromatic rings. The van der Waals surface area contributed by atoms with Crippen molar-refractivity contribution in [3.8, 4) is 6.07 Å². The molecule has 0 saturated carbocycles. The molecule has 0 aliphatic rings. The molecule has 0 radical (unpaired) electrons. The average molecular weight is 178 g/mol. The highest BCUT2D eigenvalue weighted by molar-refractivity contribution is 6.34. The van der Waals surface area contributed by atoms with Gasteiger partial charge in [-0.1, -0.05) is 11.6 Å². The van der Waals surface area contributed by atoms with Crippen LogP contribution >= 0.6 is 11.6 Å². The van der Waals surface area contributed by atoms with Crippen LogP contribution in [0.3, 0.4) is 0 Å². The number of pyridine rings is 1. The Labute approximate surface area is 73.8 Å². The lowest BCUT2D eigenvalue weighted by molar-refractivity contribution is 0.961. The fourth-order valence-electron chi connectivity index (χ4n) is 1.08. The van der Waals surface area contributed by atoms with Gasteiger partial charge in [0.1, 0.15) is 11.6 Å². The highest BCUT2D eigenvalue weighted by atomic mass is 35.5. The summed E-state index contributed by atoms with van der Waals surface area (Å²) in [6.45, 7) is 0. The Morgan fingerprint density at radius 2 is 2.42 bits per heavy atom. The molecule has 0 amide bonds. The standard InChI is InChI=1S/C8H4ClN3/c9-7-2-1-3-12-8(7)6(4-10)5-11-12/h1-3,5H. The molecule has 0 saturated heterocycles. The van der Waals surface area contributed by atoms with Gasteiger partial charge in [-0.25, -0.2) is 4.52 Å². The molecule has 4 heteroatoms. The van der Waals surface area contributed by atoms with E-state index in [-0.39, 0.29) is 0 Å². The molecule has 0 aliphatic heterocycles. The molecule has 58 valence electrons. The van der Waals surface area contributed by atoms with Gasteiger partial charge in [0, 0.05) is 6.20 Å². The molecule has 0 spiro atoms. The number of nitrogens with zero attached hydrogens (tertiary/aromatic N) is 3. The highest BCUT2D eigenvalue weighted by Gasteiger charge is 2.05. The summed E-state index contributed by atoms with van der Waals surface area (Å²) in [7, 11) is 0. The molecule has 2 heterocycles. The third kappa shape index (κ3) is 0.858. The van der Waals surface area contributed by atoms with Crippen molar-refractivity contribution in [3.05, 3.63) is 35.1 Å². The van der Waals surface area contributed by atoms with E-state index in [1.54, 1.807) is 22.8 Å². The van der Waals surface area contributed by atoms with Gasteiger partial charge >= 0.3 is 0 Å². The minimum Gasteiger partial charge on any atom is -0.238 e. The molecule has 0 aliphatic carbocycles. The summed E-state index contributed by atoms with van der Waals surface area (Å²) in [5, 5.41) is 13.2. The monoisotopic (exact) mass is 177 g/mol. The van der Waals surface area contributed by atoms with Crippen LogP contribution in [0, 0.1) is 11.3 Å². The Balaban J connectivity index is 2.95. The van der Waals surface area contributed by atoms with Crippen LogP contribution in [-0.4, -0.2) is 9.61 Å². The molecule has 2 aromatic heterocycles. The maximum atomic E-state index is 8.69. The van der Waals surface area contributed by atoms with Gasteiger partial charge in [0.2, 0.25) is 0 Å². The first-order valence-electron chi connectivity index (χ1n) is 3.35. The normalized spacial score (nSPS) is 10.0. The molecule has 0 fully saturated rings. The number of nitriles is 1. The summed E-state index contributed by atoms with van der Waals surface area (Å²) in [5.41, 5.74) is 1.17. The first kappa shape index (κ1) is 7.14. The lowest BCUT2D eigenvalue weighted by atomic mass is 10.3. The van der Waals surface area contributed by atoms with Crippen LogP contribution in [0.25, 0.3) is 5.52 Å². The Kier molecular flexibility index (Phi) is 1.49. The van der Waals surface area contributed by atoms with Crippen LogP contribution in [-0.2, 0) is 0 Å². The van der Waals surface area contributed by atoms with Gasteiger partial charge in [0.15, 0.2) is 0 Å². The van der Waals surface area contributed by atoms with E-state index < -0.39 is 0 Å². The Bertz CT molecular complexity index is 467. The summed E-state index contributed by atoms with van der Waals surface area (Å²) in [6.07, 6.45) is 3.25. The second kappa shape index (κ2) is 2.50. The smallest absolute Gasteiger partial charge is 0.103 e. The van der Waals surface area contributed by atoms with Crippen molar-refractivity contribution < 1.29 is 0 Å². The first-order chi connectivity index (χ1) is 5.83. The lowest BCUT2D eigenvalue weighted by Crippen LogP contribution is -1.85. The maximum Gasteiger partial charge on any atom is 0.103 e. The predicted octanol–water partition coefficient (Wildman–Crippen LogP) is 1.86. The molecule has 3 nitrogen and oxygen atoms in total. The van der Waals surface area contributed by atoms with Crippen LogP contribution in [0.5, 0.6) is 0 Å². The summed E-state index contributed by atoms with van der Waals surface area (Å²) in [6, 6.07) is 5.54. The summed E-state index contributed by atoms with van der Waals surface area (Å²) < 4.78 is 1.58. The molecule has 0 atom stereocenters. The summed E-state index contributed by atoms with van der Waals surface area (Å²) in [5.74, 6) is 0. The van der Waals surface area contributed by atoms with E-state index in [9.17, 15) is 0 Å². The number of aromatic nitrogens is 2. The first-order valence-corrected chi connectivity index (χ1v) is 3.72. The van der Waals surface area contributed by atoms with E-state index in [0.717, 1.165) is 0 Å². The SMILES string of the molecule is N#Cc1cnn2cccc(Cl)c12.